The number of unbranched alkanes of at least 4 members (excludes halogenated alkanes) is 3. The van der Waals surface area contributed by atoms with Gasteiger partial charge in [-0.05, 0) is 56.3 Å². The van der Waals surface area contributed by atoms with Crippen LogP contribution >= 0.6 is 0 Å². The van der Waals surface area contributed by atoms with Gasteiger partial charge < -0.3 is 14.6 Å². The lowest BCUT2D eigenvalue weighted by atomic mass is 9.60. The Morgan fingerprint density at radius 3 is 2.06 bits per heavy atom. The Kier molecular flexibility index (Phi) is 12.0. The zero-order chi connectivity index (χ0) is 23.3. The highest BCUT2D eigenvalue weighted by molar-refractivity contribution is 5.78. The number of hydrogen-bond donors (Lipinski definition) is 1. The minimum atomic E-state index is -1.53. The van der Waals surface area contributed by atoms with Gasteiger partial charge in [0.15, 0.2) is 6.29 Å². The number of hydrogen-bond acceptors (Lipinski definition) is 4. The van der Waals surface area contributed by atoms with E-state index in [0.29, 0.717) is 0 Å². The molecule has 184 valence electrons. The van der Waals surface area contributed by atoms with Gasteiger partial charge in [-0.1, -0.05) is 78.1 Å². The van der Waals surface area contributed by atoms with E-state index in [1.54, 1.807) is 38.2 Å². The number of rotatable bonds is 9. The molecule has 1 aliphatic heterocycles. The van der Waals surface area contributed by atoms with Gasteiger partial charge in [0, 0.05) is 0 Å². The summed E-state index contributed by atoms with van der Waals surface area (Å²) in [4.78, 5) is 10.9. The Bertz CT molecular complexity index is 565. The van der Waals surface area contributed by atoms with Gasteiger partial charge in [-0.15, -0.1) is 0 Å². The molecule has 0 aromatic rings. The molecule has 0 unspecified atom stereocenters. The number of carboxylic acid groups (broad SMARTS) is 1. The predicted octanol–water partition coefficient (Wildman–Crippen LogP) is 7.24. The molecule has 0 bridgehead atoms. The van der Waals surface area contributed by atoms with E-state index in [2.05, 4.69) is 13.8 Å². The lowest BCUT2D eigenvalue weighted by Gasteiger charge is -2.46. The molecule has 1 heterocycles. The van der Waals surface area contributed by atoms with E-state index < -0.39 is 11.4 Å². The molecule has 1 saturated heterocycles. The Balaban J connectivity index is 0.000000227. The smallest absolute Gasteiger partial charge is 0.328 e. The first kappa shape index (κ1) is 27.1. The SMILES string of the molecule is CCCCC1(C2CCCCC2)CCCCC1.CCCCC[C@H]1OC[C@](C#N)(C(=O)O)CO1. The van der Waals surface area contributed by atoms with E-state index in [1.165, 1.54) is 51.4 Å². The minimum absolute atomic E-state index is 0.0877. The zero-order valence-electron chi connectivity index (χ0n) is 20.7. The molecule has 0 aromatic carbocycles. The van der Waals surface area contributed by atoms with Crippen molar-refractivity contribution in [1.82, 2.24) is 0 Å². The summed E-state index contributed by atoms with van der Waals surface area (Å²) in [5, 5.41) is 17.7. The van der Waals surface area contributed by atoms with E-state index >= 15 is 0 Å². The predicted molar refractivity (Wildman–Crippen MR) is 127 cm³/mol. The van der Waals surface area contributed by atoms with Gasteiger partial charge in [-0.3, -0.25) is 4.79 Å². The Morgan fingerprint density at radius 1 is 0.938 bits per heavy atom. The number of ether oxygens (including phenoxy) is 2. The van der Waals surface area contributed by atoms with Crippen LogP contribution in [0.1, 0.15) is 123 Å². The lowest BCUT2D eigenvalue weighted by Crippen LogP contribution is -2.46. The van der Waals surface area contributed by atoms with E-state index in [1.807, 2.05) is 0 Å². The van der Waals surface area contributed by atoms with Gasteiger partial charge in [0.05, 0.1) is 19.3 Å². The normalized spacial score (nSPS) is 28.2. The van der Waals surface area contributed by atoms with Crippen LogP contribution in [0.4, 0.5) is 0 Å². The number of nitrogens with zero attached hydrogens (tertiary/aromatic N) is 1. The number of carboxylic acids is 1. The lowest BCUT2D eigenvalue weighted by molar-refractivity contribution is -0.224. The van der Waals surface area contributed by atoms with Crippen LogP contribution in [0.25, 0.3) is 0 Å². The maximum Gasteiger partial charge on any atom is 0.328 e. The van der Waals surface area contributed by atoms with E-state index in [9.17, 15) is 4.79 Å². The minimum Gasteiger partial charge on any atom is -0.480 e. The molecular weight excluding hydrogens is 402 g/mol. The Morgan fingerprint density at radius 2 is 1.53 bits per heavy atom. The maximum atomic E-state index is 10.9. The topological polar surface area (TPSA) is 79.5 Å². The van der Waals surface area contributed by atoms with Crippen LogP contribution in [0.2, 0.25) is 0 Å². The molecule has 0 amide bonds. The van der Waals surface area contributed by atoms with Crippen molar-refractivity contribution >= 4 is 5.97 Å². The summed E-state index contributed by atoms with van der Waals surface area (Å²) >= 11 is 0. The highest BCUT2D eigenvalue weighted by Crippen LogP contribution is 2.51. The van der Waals surface area contributed by atoms with Gasteiger partial charge in [-0.25, -0.2) is 0 Å². The molecular formula is C27H47NO4. The van der Waals surface area contributed by atoms with Gasteiger partial charge in [-0.2, -0.15) is 5.26 Å². The van der Waals surface area contributed by atoms with Crippen molar-refractivity contribution in [2.75, 3.05) is 13.2 Å². The number of nitriles is 1. The van der Waals surface area contributed by atoms with Crippen molar-refractivity contribution in [3.8, 4) is 6.07 Å². The summed E-state index contributed by atoms with van der Waals surface area (Å²) in [6.07, 6.45) is 23.4. The van der Waals surface area contributed by atoms with E-state index in [0.717, 1.165) is 37.0 Å². The Hall–Kier alpha value is -1.12. The maximum absolute atomic E-state index is 10.9. The fourth-order valence-corrected chi connectivity index (χ4v) is 5.89. The molecule has 0 atom stereocenters. The first-order chi connectivity index (χ1) is 15.5. The quantitative estimate of drug-likeness (QED) is 0.375. The number of carbonyl (C=O) groups is 1. The average Bonchev–Trinajstić information content (AvgIpc) is 2.85. The van der Waals surface area contributed by atoms with Crippen LogP contribution in [0.15, 0.2) is 0 Å². The first-order valence-electron chi connectivity index (χ1n) is 13.4. The summed E-state index contributed by atoms with van der Waals surface area (Å²) in [6.45, 7) is 4.29. The summed E-state index contributed by atoms with van der Waals surface area (Å²) in [5.41, 5.74) is -0.726. The van der Waals surface area contributed by atoms with E-state index in [4.69, 9.17) is 19.8 Å². The Labute approximate surface area is 196 Å². The van der Waals surface area contributed by atoms with Gasteiger partial charge >= 0.3 is 5.97 Å². The van der Waals surface area contributed by atoms with Crippen molar-refractivity contribution in [1.29, 1.82) is 5.26 Å². The summed E-state index contributed by atoms with van der Waals surface area (Å²) < 4.78 is 10.5. The zero-order valence-corrected chi connectivity index (χ0v) is 20.7. The van der Waals surface area contributed by atoms with E-state index in [-0.39, 0.29) is 19.5 Å². The van der Waals surface area contributed by atoms with Gasteiger partial charge in [0.1, 0.15) is 0 Å². The van der Waals surface area contributed by atoms with Crippen LogP contribution in [-0.4, -0.2) is 30.6 Å². The summed E-state index contributed by atoms with van der Waals surface area (Å²) in [5.74, 6) is -0.0740. The van der Waals surface area contributed by atoms with Gasteiger partial charge in [0.25, 0.3) is 0 Å². The van der Waals surface area contributed by atoms with Crippen molar-refractivity contribution < 1.29 is 19.4 Å². The van der Waals surface area contributed by atoms with Crippen molar-refractivity contribution in [2.24, 2.45) is 16.7 Å². The van der Waals surface area contributed by atoms with Crippen molar-refractivity contribution in [2.45, 2.75) is 129 Å². The third kappa shape index (κ3) is 7.73. The molecule has 5 nitrogen and oxygen atoms in total. The van der Waals surface area contributed by atoms with Crippen LogP contribution in [0.3, 0.4) is 0 Å². The first-order valence-corrected chi connectivity index (χ1v) is 13.4. The molecule has 3 fully saturated rings. The largest absolute Gasteiger partial charge is 0.480 e. The molecule has 32 heavy (non-hydrogen) atoms. The molecule has 3 rings (SSSR count). The third-order valence-corrected chi connectivity index (χ3v) is 8.05. The number of aliphatic carboxylic acids is 1. The summed E-state index contributed by atoms with van der Waals surface area (Å²) in [6, 6.07) is 1.76. The van der Waals surface area contributed by atoms with Crippen LogP contribution in [-0.2, 0) is 14.3 Å². The third-order valence-electron chi connectivity index (χ3n) is 8.05. The average molecular weight is 450 g/mol. The molecule has 1 N–H and O–H groups in total. The second-order valence-corrected chi connectivity index (χ2v) is 10.4. The molecule has 5 heteroatoms. The van der Waals surface area contributed by atoms with Crippen LogP contribution in [0, 0.1) is 28.1 Å². The molecule has 2 aliphatic carbocycles. The molecule has 0 aromatic heterocycles. The van der Waals surface area contributed by atoms with Gasteiger partial charge in [0.2, 0.25) is 5.41 Å². The van der Waals surface area contributed by atoms with Crippen molar-refractivity contribution in [3.63, 3.8) is 0 Å². The monoisotopic (exact) mass is 449 g/mol. The second-order valence-electron chi connectivity index (χ2n) is 10.4. The van der Waals surface area contributed by atoms with Crippen molar-refractivity contribution in [3.05, 3.63) is 0 Å². The molecule has 0 spiro atoms. The second kappa shape index (κ2) is 14.2. The fraction of sp³-hybridized carbons (Fsp3) is 0.926. The standard InChI is InChI=1S/C16H30.C11H17NO4/c1-2-3-12-16(13-8-5-9-14-16)15-10-6-4-7-11-15;1-2-3-4-5-9-15-7-11(6-12,8-16-9)10(13)14/h15H,2-14H2,1H3;9H,2-5,7-8H2,1H3,(H,13,14)/t;9-,11-. The van der Waals surface area contributed by atoms with Crippen LogP contribution in [0.5, 0.6) is 0 Å². The highest BCUT2D eigenvalue weighted by atomic mass is 16.7. The molecule has 3 aliphatic rings. The summed E-state index contributed by atoms with van der Waals surface area (Å²) in [7, 11) is 0. The molecule has 2 saturated carbocycles. The molecule has 0 radical (unpaired) electrons. The fourth-order valence-electron chi connectivity index (χ4n) is 5.89. The highest BCUT2D eigenvalue weighted by Gasteiger charge is 2.44. The van der Waals surface area contributed by atoms with Crippen LogP contribution < -0.4 is 0 Å².